The molecule has 1 aliphatic carbocycles. The molecule has 0 spiro atoms. The number of allylic oxidation sites excluding steroid dienone is 1. The van der Waals surface area contributed by atoms with Gasteiger partial charge in [0.25, 0.3) is 0 Å². The van der Waals surface area contributed by atoms with Crippen LogP contribution in [0.2, 0.25) is 0 Å². The summed E-state index contributed by atoms with van der Waals surface area (Å²) in [7, 11) is 0. The zero-order valence-electron chi connectivity index (χ0n) is 7.51. The predicted molar refractivity (Wildman–Crippen MR) is 53.2 cm³/mol. The van der Waals surface area contributed by atoms with Crippen molar-refractivity contribution < 1.29 is 0 Å². The standard InChI is InChI=1S/C12H14/c1-2-3-5-10-6-4-7-11-8-9-12(10)11/h3-7H,2,8-9H2,1H3. The normalized spacial score (nSPS) is 14.4. The molecule has 12 heavy (non-hydrogen) atoms. The highest BCUT2D eigenvalue weighted by molar-refractivity contribution is 5.58. The maximum Gasteiger partial charge on any atom is -0.0225 e. The molecule has 0 N–H and O–H groups in total. The van der Waals surface area contributed by atoms with E-state index in [9.17, 15) is 0 Å². The first-order chi connectivity index (χ1) is 5.92. The van der Waals surface area contributed by atoms with E-state index in [1.807, 2.05) is 0 Å². The second-order valence-electron chi connectivity index (χ2n) is 3.30. The molecule has 0 atom stereocenters. The Balaban J connectivity index is 2.32. The van der Waals surface area contributed by atoms with E-state index in [0.29, 0.717) is 0 Å². The summed E-state index contributed by atoms with van der Waals surface area (Å²) in [6.07, 6.45) is 8.16. The summed E-state index contributed by atoms with van der Waals surface area (Å²) in [5, 5.41) is 0. The minimum absolute atomic E-state index is 1.13. The topological polar surface area (TPSA) is 0 Å². The van der Waals surface area contributed by atoms with Gasteiger partial charge in [0.2, 0.25) is 0 Å². The van der Waals surface area contributed by atoms with Gasteiger partial charge in [-0.1, -0.05) is 37.3 Å². The van der Waals surface area contributed by atoms with Gasteiger partial charge in [0, 0.05) is 0 Å². The van der Waals surface area contributed by atoms with Gasteiger partial charge in [-0.2, -0.15) is 0 Å². The fourth-order valence-corrected chi connectivity index (χ4v) is 1.68. The van der Waals surface area contributed by atoms with Gasteiger partial charge in [-0.05, 0) is 36.0 Å². The van der Waals surface area contributed by atoms with Crippen LogP contribution in [0.3, 0.4) is 0 Å². The van der Waals surface area contributed by atoms with Crippen molar-refractivity contribution >= 4 is 6.08 Å². The summed E-state index contributed by atoms with van der Waals surface area (Å²) in [5.74, 6) is 0. The fourth-order valence-electron chi connectivity index (χ4n) is 1.68. The molecule has 2 rings (SSSR count). The lowest BCUT2D eigenvalue weighted by Crippen LogP contribution is -2.09. The van der Waals surface area contributed by atoms with Crippen molar-refractivity contribution in [2.24, 2.45) is 0 Å². The third-order valence-electron chi connectivity index (χ3n) is 2.49. The van der Waals surface area contributed by atoms with Crippen molar-refractivity contribution in [2.75, 3.05) is 0 Å². The molecule has 0 unspecified atom stereocenters. The van der Waals surface area contributed by atoms with Gasteiger partial charge in [-0.15, -0.1) is 0 Å². The van der Waals surface area contributed by atoms with Gasteiger partial charge >= 0.3 is 0 Å². The van der Waals surface area contributed by atoms with Crippen LogP contribution in [0.1, 0.15) is 30.0 Å². The lowest BCUT2D eigenvalue weighted by molar-refractivity contribution is 0.836. The van der Waals surface area contributed by atoms with Crippen molar-refractivity contribution in [3.63, 3.8) is 0 Å². The monoisotopic (exact) mass is 158 g/mol. The number of fused-ring (bicyclic) bond motifs is 1. The SMILES string of the molecule is CCC=Cc1cccc2c1CC2. The van der Waals surface area contributed by atoms with Crippen molar-refractivity contribution in [1.29, 1.82) is 0 Å². The van der Waals surface area contributed by atoms with Gasteiger partial charge in [0.15, 0.2) is 0 Å². The second kappa shape index (κ2) is 3.14. The molecular weight excluding hydrogens is 144 g/mol. The number of hydrogen-bond acceptors (Lipinski definition) is 0. The summed E-state index contributed by atoms with van der Waals surface area (Å²) in [5.41, 5.74) is 4.55. The third-order valence-corrected chi connectivity index (χ3v) is 2.49. The average Bonchev–Trinajstić information content (AvgIpc) is 2.04. The molecule has 1 aliphatic rings. The molecule has 0 saturated carbocycles. The lowest BCUT2D eigenvalue weighted by Gasteiger charge is -2.20. The van der Waals surface area contributed by atoms with Crippen LogP contribution >= 0.6 is 0 Å². The zero-order chi connectivity index (χ0) is 8.39. The van der Waals surface area contributed by atoms with E-state index in [2.05, 4.69) is 37.3 Å². The Bertz CT molecular complexity index is 308. The van der Waals surface area contributed by atoms with Crippen LogP contribution in [0.15, 0.2) is 24.3 Å². The predicted octanol–water partition coefficient (Wildman–Crippen LogP) is 3.21. The number of aryl methyl sites for hydroxylation is 1. The van der Waals surface area contributed by atoms with Crippen LogP contribution in [0.25, 0.3) is 6.08 Å². The minimum Gasteiger partial charge on any atom is -0.0842 e. The first kappa shape index (κ1) is 7.60. The fraction of sp³-hybridized carbons (Fsp3) is 0.333. The van der Waals surface area contributed by atoms with Crippen LogP contribution in [0, 0.1) is 0 Å². The molecule has 1 aromatic rings. The Labute approximate surface area is 73.9 Å². The van der Waals surface area contributed by atoms with E-state index in [0.717, 1.165) is 6.42 Å². The van der Waals surface area contributed by atoms with Gasteiger partial charge in [-0.25, -0.2) is 0 Å². The van der Waals surface area contributed by atoms with Crippen molar-refractivity contribution in [1.82, 2.24) is 0 Å². The van der Waals surface area contributed by atoms with Gasteiger partial charge < -0.3 is 0 Å². The molecule has 0 bridgehead atoms. The molecule has 62 valence electrons. The molecule has 0 aliphatic heterocycles. The molecule has 0 radical (unpaired) electrons. The van der Waals surface area contributed by atoms with Crippen LogP contribution < -0.4 is 0 Å². The second-order valence-corrected chi connectivity index (χ2v) is 3.30. The summed E-state index contributed by atoms with van der Waals surface area (Å²) in [6, 6.07) is 6.61. The molecular formula is C12H14. The third kappa shape index (κ3) is 1.18. The molecule has 0 fully saturated rings. The van der Waals surface area contributed by atoms with Crippen molar-refractivity contribution in [2.45, 2.75) is 26.2 Å². The lowest BCUT2D eigenvalue weighted by atomic mass is 9.85. The van der Waals surface area contributed by atoms with E-state index in [1.165, 1.54) is 18.4 Å². The van der Waals surface area contributed by atoms with Gasteiger partial charge in [0.05, 0.1) is 0 Å². The van der Waals surface area contributed by atoms with E-state index in [-0.39, 0.29) is 0 Å². The molecule has 0 saturated heterocycles. The highest BCUT2D eigenvalue weighted by Crippen LogP contribution is 2.26. The minimum atomic E-state index is 1.13. The Morgan fingerprint density at radius 1 is 1.33 bits per heavy atom. The molecule has 0 nitrogen and oxygen atoms in total. The van der Waals surface area contributed by atoms with Gasteiger partial charge in [0.1, 0.15) is 0 Å². The van der Waals surface area contributed by atoms with Crippen molar-refractivity contribution in [3.05, 3.63) is 41.0 Å². The average molecular weight is 158 g/mol. The largest absolute Gasteiger partial charge is 0.0842 e. The Hall–Kier alpha value is -1.04. The van der Waals surface area contributed by atoms with Gasteiger partial charge in [-0.3, -0.25) is 0 Å². The quantitative estimate of drug-likeness (QED) is 0.620. The van der Waals surface area contributed by atoms with Crippen LogP contribution in [0.4, 0.5) is 0 Å². The summed E-state index contributed by atoms with van der Waals surface area (Å²) < 4.78 is 0. The molecule has 1 aromatic carbocycles. The van der Waals surface area contributed by atoms with E-state index in [4.69, 9.17) is 0 Å². The van der Waals surface area contributed by atoms with Crippen LogP contribution in [-0.2, 0) is 12.8 Å². The molecule has 0 heterocycles. The zero-order valence-corrected chi connectivity index (χ0v) is 7.51. The first-order valence-electron chi connectivity index (χ1n) is 4.69. The van der Waals surface area contributed by atoms with Crippen molar-refractivity contribution in [3.8, 4) is 0 Å². The molecule has 0 heteroatoms. The van der Waals surface area contributed by atoms with Crippen LogP contribution in [-0.4, -0.2) is 0 Å². The smallest absolute Gasteiger partial charge is 0.0225 e. The number of benzene rings is 1. The Morgan fingerprint density at radius 3 is 2.92 bits per heavy atom. The summed E-state index contributed by atoms with van der Waals surface area (Å²) >= 11 is 0. The Morgan fingerprint density at radius 2 is 2.25 bits per heavy atom. The summed E-state index contributed by atoms with van der Waals surface area (Å²) in [4.78, 5) is 0. The van der Waals surface area contributed by atoms with E-state index >= 15 is 0 Å². The van der Waals surface area contributed by atoms with Crippen LogP contribution in [0.5, 0.6) is 0 Å². The number of rotatable bonds is 2. The maximum absolute atomic E-state index is 2.25. The first-order valence-corrected chi connectivity index (χ1v) is 4.69. The molecule has 0 aromatic heterocycles. The summed E-state index contributed by atoms with van der Waals surface area (Å²) in [6.45, 7) is 2.17. The van der Waals surface area contributed by atoms with E-state index in [1.54, 1.807) is 11.1 Å². The maximum atomic E-state index is 2.25. The highest BCUT2D eigenvalue weighted by atomic mass is 14.2. The Kier molecular flexibility index (Phi) is 1.99. The molecule has 0 amide bonds. The highest BCUT2D eigenvalue weighted by Gasteiger charge is 2.14. The van der Waals surface area contributed by atoms with E-state index < -0.39 is 0 Å². The number of hydrogen-bond donors (Lipinski definition) is 0.